The van der Waals surface area contributed by atoms with E-state index in [9.17, 15) is 4.79 Å². The monoisotopic (exact) mass is 271 g/mol. The zero-order chi connectivity index (χ0) is 14.0. The lowest BCUT2D eigenvalue weighted by atomic mass is 9.88. The van der Waals surface area contributed by atoms with E-state index in [-0.39, 0.29) is 11.3 Å². The number of carbonyl (C=O) groups excluding carboxylic acids is 1. The lowest BCUT2D eigenvalue weighted by Gasteiger charge is -2.22. The number of hydrogen-bond donors (Lipinski definition) is 2. The van der Waals surface area contributed by atoms with Crippen molar-refractivity contribution in [3.05, 3.63) is 36.9 Å². The van der Waals surface area contributed by atoms with Crippen LogP contribution in [0.3, 0.4) is 0 Å². The van der Waals surface area contributed by atoms with Crippen molar-refractivity contribution in [1.82, 2.24) is 20.1 Å². The quantitative estimate of drug-likeness (QED) is 0.880. The van der Waals surface area contributed by atoms with E-state index in [2.05, 4.69) is 20.7 Å². The average molecular weight is 271 g/mol. The van der Waals surface area contributed by atoms with Crippen molar-refractivity contribution in [2.24, 2.45) is 5.41 Å². The summed E-state index contributed by atoms with van der Waals surface area (Å²) in [4.78, 5) is 16.4. The van der Waals surface area contributed by atoms with Crippen LogP contribution in [-0.2, 0) is 4.79 Å². The van der Waals surface area contributed by atoms with Crippen LogP contribution in [0.4, 0.5) is 5.69 Å². The first-order valence-electron chi connectivity index (χ1n) is 6.65. The van der Waals surface area contributed by atoms with Crippen LogP contribution in [0.1, 0.15) is 13.3 Å². The topological polar surface area (TPSA) is 71.8 Å². The molecule has 2 aromatic rings. The van der Waals surface area contributed by atoms with Crippen molar-refractivity contribution >= 4 is 11.6 Å². The number of hydrogen-bond acceptors (Lipinski definition) is 4. The van der Waals surface area contributed by atoms with Gasteiger partial charge in [-0.25, -0.2) is 9.67 Å². The van der Waals surface area contributed by atoms with Crippen LogP contribution in [-0.4, -0.2) is 33.8 Å². The SMILES string of the molecule is CC1(C(=O)Nc2ccccc2-n2cncn2)CCNC1. The zero-order valence-electron chi connectivity index (χ0n) is 11.3. The van der Waals surface area contributed by atoms with Gasteiger partial charge in [0.1, 0.15) is 12.7 Å². The van der Waals surface area contributed by atoms with Crippen molar-refractivity contribution < 1.29 is 4.79 Å². The van der Waals surface area contributed by atoms with Crippen LogP contribution < -0.4 is 10.6 Å². The fraction of sp³-hybridized carbons (Fsp3) is 0.357. The summed E-state index contributed by atoms with van der Waals surface area (Å²) < 4.78 is 1.64. The summed E-state index contributed by atoms with van der Waals surface area (Å²) in [5, 5.41) is 10.4. The molecule has 20 heavy (non-hydrogen) atoms. The lowest BCUT2D eigenvalue weighted by molar-refractivity contribution is -0.123. The minimum Gasteiger partial charge on any atom is -0.324 e. The number of nitrogens with one attached hydrogen (secondary N) is 2. The predicted octanol–water partition coefficient (Wildman–Crippen LogP) is 1.21. The first kappa shape index (κ1) is 12.8. The Morgan fingerprint density at radius 3 is 3.00 bits per heavy atom. The van der Waals surface area contributed by atoms with Crippen LogP contribution >= 0.6 is 0 Å². The van der Waals surface area contributed by atoms with Gasteiger partial charge >= 0.3 is 0 Å². The van der Waals surface area contributed by atoms with Gasteiger partial charge in [-0.2, -0.15) is 5.10 Å². The first-order valence-corrected chi connectivity index (χ1v) is 6.65. The maximum absolute atomic E-state index is 12.5. The van der Waals surface area contributed by atoms with Gasteiger partial charge in [0.15, 0.2) is 0 Å². The Bertz CT molecular complexity index is 602. The Hall–Kier alpha value is -2.21. The summed E-state index contributed by atoms with van der Waals surface area (Å²) in [6.45, 7) is 3.58. The molecule has 6 nitrogen and oxygen atoms in total. The maximum atomic E-state index is 12.5. The van der Waals surface area contributed by atoms with Crippen molar-refractivity contribution in [1.29, 1.82) is 0 Å². The van der Waals surface area contributed by atoms with Gasteiger partial charge in [-0.05, 0) is 32.0 Å². The first-order chi connectivity index (χ1) is 9.69. The molecule has 3 rings (SSSR count). The second-order valence-corrected chi connectivity index (χ2v) is 5.30. The van der Waals surface area contributed by atoms with Crippen molar-refractivity contribution in [3.63, 3.8) is 0 Å². The molecule has 1 aromatic carbocycles. The summed E-state index contributed by atoms with van der Waals surface area (Å²) in [6.07, 6.45) is 3.94. The van der Waals surface area contributed by atoms with E-state index in [0.29, 0.717) is 6.54 Å². The second kappa shape index (κ2) is 5.05. The Morgan fingerprint density at radius 2 is 2.30 bits per heavy atom. The molecule has 6 heteroatoms. The number of rotatable bonds is 3. The summed E-state index contributed by atoms with van der Waals surface area (Å²) in [5.41, 5.74) is 1.21. The molecule has 0 spiro atoms. The van der Waals surface area contributed by atoms with E-state index in [1.165, 1.54) is 6.33 Å². The summed E-state index contributed by atoms with van der Waals surface area (Å²) in [5.74, 6) is 0.0371. The molecular formula is C14H17N5O. The van der Waals surface area contributed by atoms with Gasteiger partial charge in [-0.15, -0.1) is 0 Å². The minimum absolute atomic E-state index is 0.0371. The number of benzene rings is 1. The van der Waals surface area contributed by atoms with Gasteiger partial charge in [0, 0.05) is 6.54 Å². The van der Waals surface area contributed by atoms with Crippen LogP contribution in [0.2, 0.25) is 0 Å². The molecule has 0 saturated carbocycles. The number of amides is 1. The number of anilines is 1. The van der Waals surface area contributed by atoms with E-state index in [0.717, 1.165) is 24.3 Å². The largest absolute Gasteiger partial charge is 0.324 e. The third-order valence-corrected chi connectivity index (χ3v) is 3.73. The highest BCUT2D eigenvalue weighted by atomic mass is 16.2. The smallest absolute Gasteiger partial charge is 0.231 e. The van der Waals surface area contributed by atoms with Gasteiger partial charge in [0.05, 0.1) is 16.8 Å². The van der Waals surface area contributed by atoms with Crippen molar-refractivity contribution in [2.45, 2.75) is 13.3 Å². The molecule has 1 saturated heterocycles. The van der Waals surface area contributed by atoms with E-state index in [1.807, 2.05) is 31.2 Å². The summed E-state index contributed by atoms with van der Waals surface area (Å²) in [6, 6.07) is 7.58. The highest BCUT2D eigenvalue weighted by Crippen LogP contribution is 2.28. The molecule has 104 valence electrons. The van der Waals surface area contributed by atoms with Crippen LogP contribution in [0, 0.1) is 5.41 Å². The molecule has 0 radical (unpaired) electrons. The van der Waals surface area contributed by atoms with Crippen LogP contribution in [0.15, 0.2) is 36.9 Å². The standard InChI is InChI=1S/C14H17N5O/c1-14(6-7-15-8-14)13(20)18-11-4-2-3-5-12(11)19-10-16-9-17-19/h2-5,9-10,15H,6-8H2,1H3,(H,18,20). The maximum Gasteiger partial charge on any atom is 0.231 e. The molecule has 0 bridgehead atoms. The van der Waals surface area contributed by atoms with Crippen LogP contribution in [0.25, 0.3) is 5.69 Å². The van der Waals surface area contributed by atoms with Gasteiger partial charge in [-0.1, -0.05) is 12.1 Å². The molecular weight excluding hydrogens is 254 g/mol. The van der Waals surface area contributed by atoms with E-state index >= 15 is 0 Å². The fourth-order valence-corrected chi connectivity index (χ4v) is 2.40. The predicted molar refractivity (Wildman–Crippen MR) is 75.6 cm³/mol. The molecule has 2 heterocycles. The Labute approximate surface area is 117 Å². The highest BCUT2D eigenvalue weighted by Gasteiger charge is 2.36. The normalized spacial score (nSPS) is 21.9. The second-order valence-electron chi connectivity index (χ2n) is 5.30. The van der Waals surface area contributed by atoms with Crippen molar-refractivity contribution in [3.8, 4) is 5.69 Å². The minimum atomic E-state index is -0.352. The van der Waals surface area contributed by atoms with E-state index in [4.69, 9.17) is 0 Å². The number of carbonyl (C=O) groups is 1. The Balaban J connectivity index is 1.86. The van der Waals surface area contributed by atoms with Crippen molar-refractivity contribution in [2.75, 3.05) is 18.4 Å². The molecule has 2 N–H and O–H groups in total. The van der Waals surface area contributed by atoms with Crippen LogP contribution in [0.5, 0.6) is 0 Å². The fourth-order valence-electron chi connectivity index (χ4n) is 2.40. The molecule has 1 fully saturated rings. The van der Waals surface area contributed by atoms with E-state index < -0.39 is 0 Å². The van der Waals surface area contributed by atoms with Gasteiger partial charge in [0.25, 0.3) is 0 Å². The molecule has 1 aliphatic rings. The third-order valence-electron chi connectivity index (χ3n) is 3.73. The highest BCUT2D eigenvalue weighted by molar-refractivity contribution is 5.97. The number of aromatic nitrogens is 3. The van der Waals surface area contributed by atoms with Gasteiger partial charge in [-0.3, -0.25) is 4.79 Å². The Morgan fingerprint density at radius 1 is 1.45 bits per heavy atom. The molecule has 1 aromatic heterocycles. The molecule has 1 unspecified atom stereocenters. The number of nitrogens with zero attached hydrogens (tertiary/aromatic N) is 3. The number of para-hydroxylation sites is 2. The molecule has 1 aliphatic heterocycles. The summed E-state index contributed by atoms with van der Waals surface area (Å²) >= 11 is 0. The van der Waals surface area contributed by atoms with Gasteiger partial charge in [0.2, 0.25) is 5.91 Å². The Kier molecular flexibility index (Phi) is 3.23. The van der Waals surface area contributed by atoms with Gasteiger partial charge < -0.3 is 10.6 Å². The average Bonchev–Trinajstić information content (AvgIpc) is 3.11. The summed E-state index contributed by atoms with van der Waals surface area (Å²) in [7, 11) is 0. The molecule has 0 aliphatic carbocycles. The lowest BCUT2D eigenvalue weighted by Crippen LogP contribution is -2.35. The molecule has 1 atom stereocenters. The molecule has 1 amide bonds. The zero-order valence-corrected chi connectivity index (χ0v) is 11.3. The third kappa shape index (κ3) is 2.30. The van der Waals surface area contributed by atoms with E-state index in [1.54, 1.807) is 11.0 Å².